The first kappa shape index (κ1) is 11.8. The van der Waals surface area contributed by atoms with Crippen LogP contribution in [-0.2, 0) is 6.42 Å². The van der Waals surface area contributed by atoms with Crippen LogP contribution < -0.4 is 0 Å². The molecule has 0 saturated heterocycles. The second-order valence-electron chi connectivity index (χ2n) is 3.62. The lowest BCUT2D eigenvalue weighted by molar-refractivity contribution is 0.180. The molecule has 2 rings (SSSR count). The Morgan fingerprint density at radius 2 is 2.31 bits per heavy atom. The highest BCUT2D eigenvalue weighted by molar-refractivity contribution is 9.10. The Balaban J connectivity index is 2.17. The maximum atomic E-state index is 10.1. The summed E-state index contributed by atoms with van der Waals surface area (Å²) in [5, 5.41) is 12.1. The topological polar surface area (TPSA) is 33.1 Å². The van der Waals surface area contributed by atoms with Crippen molar-refractivity contribution in [3.8, 4) is 0 Å². The Bertz CT molecular complexity index is 483. The van der Waals surface area contributed by atoms with Gasteiger partial charge in [0, 0.05) is 27.7 Å². The Morgan fingerprint density at radius 1 is 1.50 bits per heavy atom. The van der Waals surface area contributed by atoms with Crippen molar-refractivity contribution < 1.29 is 5.11 Å². The summed E-state index contributed by atoms with van der Waals surface area (Å²) >= 11 is 4.99. The van der Waals surface area contributed by atoms with Crippen molar-refractivity contribution in [1.82, 2.24) is 4.98 Å². The molecule has 2 nitrogen and oxygen atoms in total. The second kappa shape index (κ2) is 5.08. The lowest BCUT2D eigenvalue weighted by Crippen LogP contribution is -2.03. The zero-order valence-electron chi connectivity index (χ0n) is 8.85. The van der Waals surface area contributed by atoms with Gasteiger partial charge in [0.25, 0.3) is 0 Å². The molecule has 2 heterocycles. The van der Waals surface area contributed by atoms with Crippen molar-refractivity contribution >= 4 is 27.3 Å². The summed E-state index contributed by atoms with van der Waals surface area (Å²) in [6.07, 6.45) is 1.84. The molecule has 0 spiro atoms. The number of aryl methyl sites for hydroxylation is 1. The molecule has 0 amide bonds. The van der Waals surface area contributed by atoms with Crippen LogP contribution in [0, 0.1) is 6.92 Å². The summed E-state index contributed by atoms with van der Waals surface area (Å²) in [6.45, 7) is 2.01. The van der Waals surface area contributed by atoms with Crippen LogP contribution in [0.15, 0.2) is 34.2 Å². The van der Waals surface area contributed by atoms with E-state index in [1.165, 1.54) is 0 Å². The molecule has 0 saturated carbocycles. The SMILES string of the molecule is Cc1cccnc1CC(O)c1sccc1Br. The van der Waals surface area contributed by atoms with E-state index in [2.05, 4.69) is 20.9 Å². The monoisotopic (exact) mass is 297 g/mol. The number of thiophene rings is 1. The number of aliphatic hydroxyl groups is 1. The smallest absolute Gasteiger partial charge is 0.0948 e. The van der Waals surface area contributed by atoms with Gasteiger partial charge in [-0.3, -0.25) is 4.98 Å². The maximum absolute atomic E-state index is 10.1. The van der Waals surface area contributed by atoms with Gasteiger partial charge in [-0.25, -0.2) is 0 Å². The molecule has 0 aliphatic carbocycles. The molecule has 1 N–H and O–H groups in total. The fourth-order valence-corrected chi connectivity index (χ4v) is 3.17. The van der Waals surface area contributed by atoms with Crippen LogP contribution in [0.1, 0.15) is 22.2 Å². The Kier molecular flexibility index (Phi) is 3.74. The molecular weight excluding hydrogens is 286 g/mol. The number of rotatable bonds is 3. The molecule has 0 aromatic carbocycles. The fraction of sp³-hybridized carbons (Fsp3) is 0.250. The van der Waals surface area contributed by atoms with Gasteiger partial charge in [0.1, 0.15) is 0 Å². The predicted octanol–water partition coefficient (Wildman–Crippen LogP) is 3.49. The zero-order chi connectivity index (χ0) is 11.5. The van der Waals surface area contributed by atoms with Gasteiger partial charge >= 0.3 is 0 Å². The number of hydrogen-bond donors (Lipinski definition) is 1. The van der Waals surface area contributed by atoms with Gasteiger partial charge in [-0.1, -0.05) is 6.07 Å². The lowest BCUT2D eigenvalue weighted by atomic mass is 10.1. The minimum atomic E-state index is -0.483. The average molecular weight is 298 g/mol. The minimum Gasteiger partial charge on any atom is -0.387 e. The third kappa shape index (κ3) is 2.51. The summed E-state index contributed by atoms with van der Waals surface area (Å²) in [7, 11) is 0. The van der Waals surface area contributed by atoms with Gasteiger partial charge in [-0.2, -0.15) is 0 Å². The number of halogens is 1. The molecule has 1 unspecified atom stereocenters. The van der Waals surface area contributed by atoms with E-state index in [0.717, 1.165) is 20.6 Å². The molecule has 0 bridgehead atoms. The summed E-state index contributed by atoms with van der Waals surface area (Å²) in [5.74, 6) is 0. The predicted molar refractivity (Wildman–Crippen MR) is 69.7 cm³/mol. The van der Waals surface area contributed by atoms with Gasteiger partial charge < -0.3 is 5.11 Å². The van der Waals surface area contributed by atoms with Gasteiger partial charge in [0.05, 0.1) is 6.10 Å². The summed E-state index contributed by atoms with van der Waals surface area (Å²) in [6, 6.07) is 5.87. The fourth-order valence-electron chi connectivity index (χ4n) is 1.55. The quantitative estimate of drug-likeness (QED) is 0.941. The van der Waals surface area contributed by atoms with E-state index in [-0.39, 0.29) is 0 Å². The van der Waals surface area contributed by atoms with Crippen molar-refractivity contribution in [2.75, 3.05) is 0 Å². The maximum Gasteiger partial charge on any atom is 0.0948 e. The average Bonchev–Trinajstić information content (AvgIpc) is 2.68. The molecule has 84 valence electrons. The summed E-state index contributed by atoms with van der Waals surface area (Å²) in [4.78, 5) is 5.25. The van der Waals surface area contributed by atoms with E-state index in [1.807, 2.05) is 30.5 Å². The van der Waals surface area contributed by atoms with Gasteiger partial charge in [-0.05, 0) is 45.9 Å². The Labute approximate surface area is 107 Å². The van der Waals surface area contributed by atoms with Crippen LogP contribution in [0.25, 0.3) is 0 Å². The van der Waals surface area contributed by atoms with Gasteiger partial charge in [0.15, 0.2) is 0 Å². The van der Waals surface area contributed by atoms with Crippen LogP contribution in [0.5, 0.6) is 0 Å². The first-order chi connectivity index (χ1) is 7.68. The van der Waals surface area contributed by atoms with E-state index in [0.29, 0.717) is 6.42 Å². The van der Waals surface area contributed by atoms with Crippen molar-refractivity contribution in [2.24, 2.45) is 0 Å². The molecular formula is C12H12BrNOS. The molecule has 0 fully saturated rings. The standard InChI is InChI=1S/C12H12BrNOS/c1-8-3-2-5-14-10(8)7-11(15)12-9(13)4-6-16-12/h2-6,11,15H,7H2,1H3. The van der Waals surface area contributed by atoms with Crippen LogP contribution in [0.3, 0.4) is 0 Å². The Hall–Kier alpha value is -0.710. The molecule has 4 heteroatoms. The first-order valence-electron chi connectivity index (χ1n) is 5.00. The van der Waals surface area contributed by atoms with Crippen molar-refractivity contribution in [1.29, 1.82) is 0 Å². The molecule has 1 atom stereocenters. The number of aromatic nitrogens is 1. The van der Waals surface area contributed by atoms with E-state index >= 15 is 0 Å². The second-order valence-corrected chi connectivity index (χ2v) is 5.42. The molecule has 0 aliphatic rings. The zero-order valence-corrected chi connectivity index (χ0v) is 11.3. The highest BCUT2D eigenvalue weighted by Crippen LogP contribution is 2.30. The summed E-state index contributed by atoms with van der Waals surface area (Å²) in [5.41, 5.74) is 2.07. The van der Waals surface area contributed by atoms with E-state index in [9.17, 15) is 5.11 Å². The van der Waals surface area contributed by atoms with Crippen LogP contribution in [-0.4, -0.2) is 10.1 Å². The molecule has 0 radical (unpaired) electrons. The highest BCUT2D eigenvalue weighted by atomic mass is 79.9. The van der Waals surface area contributed by atoms with E-state index in [4.69, 9.17) is 0 Å². The van der Waals surface area contributed by atoms with Crippen molar-refractivity contribution in [3.63, 3.8) is 0 Å². The van der Waals surface area contributed by atoms with Crippen LogP contribution in [0.4, 0.5) is 0 Å². The largest absolute Gasteiger partial charge is 0.387 e. The van der Waals surface area contributed by atoms with E-state index < -0.39 is 6.10 Å². The van der Waals surface area contributed by atoms with Crippen LogP contribution in [0.2, 0.25) is 0 Å². The number of aliphatic hydroxyl groups excluding tert-OH is 1. The minimum absolute atomic E-state index is 0.483. The van der Waals surface area contributed by atoms with Crippen molar-refractivity contribution in [3.05, 3.63) is 50.4 Å². The molecule has 2 aromatic rings. The normalized spacial score (nSPS) is 12.7. The van der Waals surface area contributed by atoms with Gasteiger partial charge in [-0.15, -0.1) is 11.3 Å². The molecule has 0 aliphatic heterocycles. The lowest BCUT2D eigenvalue weighted by Gasteiger charge is -2.10. The number of hydrogen-bond acceptors (Lipinski definition) is 3. The van der Waals surface area contributed by atoms with Crippen molar-refractivity contribution in [2.45, 2.75) is 19.4 Å². The number of pyridine rings is 1. The van der Waals surface area contributed by atoms with Crippen LogP contribution >= 0.6 is 27.3 Å². The number of nitrogens with zero attached hydrogens (tertiary/aromatic N) is 1. The van der Waals surface area contributed by atoms with Gasteiger partial charge in [0.2, 0.25) is 0 Å². The third-order valence-electron chi connectivity index (χ3n) is 2.45. The van der Waals surface area contributed by atoms with E-state index in [1.54, 1.807) is 17.5 Å². The first-order valence-corrected chi connectivity index (χ1v) is 6.67. The molecule has 2 aromatic heterocycles. The highest BCUT2D eigenvalue weighted by Gasteiger charge is 2.14. The Morgan fingerprint density at radius 3 is 2.94 bits per heavy atom. The summed E-state index contributed by atoms with van der Waals surface area (Å²) < 4.78 is 0.971. The third-order valence-corrected chi connectivity index (χ3v) is 4.42. The molecule has 16 heavy (non-hydrogen) atoms.